The lowest BCUT2D eigenvalue weighted by atomic mass is 10.1. The minimum absolute atomic E-state index is 0.0628. The fraction of sp³-hybridized carbons (Fsp3) is 0.417. The van der Waals surface area contributed by atoms with Crippen molar-refractivity contribution in [2.24, 2.45) is 0 Å². The molecule has 19 heavy (non-hydrogen) atoms. The minimum Gasteiger partial charge on any atom is -0.347 e. The molecule has 0 unspecified atom stereocenters. The van der Waals surface area contributed by atoms with E-state index in [2.05, 4.69) is 5.32 Å². The monoisotopic (exact) mass is 305 g/mol. The number of nitrogens with one attached hydrogen (secondary N) is 1. The van der Waals surface area contributed by atoms with Crippen LogP contribution in [-0.2, 0) is 9.05 Å². The zero-order valence-electron chi connectivity index (χ0n) is 10.5. The van der Waals surface area contributed by atoms with Gasteiger partial charge in [0.15, 0.2) is 0 Å². The summed E-state index contributed by atoms with van der Waals surface area (Å²) >= 11 is 0. The van der Waals surface area contributed by atoms with Gasteiger partial charge in [0.1, 0.15) is 5.82 Å². The summed E-state index contributed by atoms with van der Waals surface area (Å²) in [6.07, 6.45) is 1.65. The molecule has 1 saturated carbocycles. The SMILES string of the molecule is Cc1cc(S(=O)(=O)Cl)cc(C(=O)NC2(C)CC2)c1F. The molecule has 0 atom stereocenters. The summed E-state index contributed by atoms with van der Waals surface area (Å²) in [5, 5.41) is 2.68. The van der Waals surface area contributed by atoms with Gasteiger partial charge < -0.3 is 5.32 Å². The Morgan fingerprint density at radius 1 is 1.42 bits per heavy atom. The second-order valence-electron chi connectivity index (χ2n) is 5.05. The van der Waals surface area contributed by atoms with Crippen LogP contribution in [0.1, 0.15) is 35.7 Å². The van der Waals surface area contributed by atoms with E-state index >= 15 is 0 Å². The molecule has 0 saturated heterocycles. The lowest BCUT2D eigenvalue weighted by molar-refractivity contribution is 0.0931. The highest BCUT2D eigenvalue weighted by Gasteiger charge is 2.39. The first-order chi connectivity index (χ1) is 8.62. The highest BCUT2D eigenvalue weighted by atomic mass is 35.7. The van der Waals surface area contributed by atoms with E-state index in [1.807, 2.05) is 6.92 Å². The van der Waals surface area contributed by atoms with Gasteiger partial charge in [-0.2, -0.15) is 0 Å². The van der Waals surface area contributed by atoms with E-state index in [-0.39, 0.29) is 21.6 Å². The average Bonchev–Trinajstić information content (AvgIpc) is 2.98. The van der Waals surface area contributed by atoms with Crippen molar-refractivity contribution in [3.63, 3.8) is 0 Å². The fourth-order valence-corrected chi connectivity index (χ4v) is 2.54. The zero-order valence-corrected chi connectivity index (χ0v) is 12.0. The Balaban J connectivity index is 2.44. The maximum Gasteiger partial charge on any atom is 0.261 e. The lowest BCUT2D eigenvalue weighted by Crippen LogP contribution is -2.34. The predicted octanol–water partition coefficient (Wildman–Crippen LogP) is 2.34. The third kappa shape index (κ3) is 3.06. The van der Waals surface area contributed by atoms with Crippen molar-refractivity contribution in [2.45, 2.75) is 37.1 Å². The maximum absolute atomic E-state index is 13.9. The second kappa shape index (κ2) is 4.45. The van der Waals surface area contributed by atoms with Gasteiger partial charge in [-0.15, -0.1) is 0 Å². The molecule has 1 fully saturated rings. The highest BCUT2D eigenvalue weighted by Crippen LogP contribution is 2.35. The molecule has 4 nitrogen and oxygen atoms in total. The van der Waals surface area contributed by atoms with Crippen molar-refractivity contribution in [1.82, 2.24) is 5.32 Å². The highest BCUT2D eigenvalue weighted by molar-refractivity contribution is 8.13. The quantitative estimate of drug-likeness (QED) is 0.872. The van der Waals surface area contributed by atoms with Crippen LogP contribution in [0.4, 0.5) is 4.39 Å². The second-order valence-corrected chi connectivity index (χ2v) is 7.62. The molecule has 1 aromatic carbocycles. The van der Waals surface area contributed by atoms with E-state index in [9.17, 15) is 17.6 Å². The third-order valence-electron chi connectivity index (χ3n) is 3.17. The van der Waals surface area contributed by atoms with E-state index in [1.165, 1.54) is 6.92 Å². The molecule has 1 N–H and O–H groups in total. The van der Waals surface area contributed by atoms with Gasteiger partial charge in [0.05, 0.1) is 10.5 Å². The van der Waals surface area contributed by atoms with E-state index in [1.54, 1.807) is 0 Å². The Bertz CT molecular complexity index is 653. The van der Waals surface area contributed by atoms with Gasteiger partial charge in [-0.3, -0.25) is 4.79 Å². The Hall–Kier alpha value is -1.14. The predicted molar refractivity (Wildman–Crippen MR) is 69.3 cm³/mol. The number of carbonyl (C=O) groups excluding carboxylic acids is 1. The average molecular weight is 306 g/mol. The summed E-state index contributed by atoms with van der Waals surface area (Å²) < 4.78 is 36.5. The lowest BCUT2D eigenvalue weighted by Gasteiger charge is -2.13. The van der Waals surface area contributed by atoms with Crippen LogP contribution in [0, 0.1) is 12.7 Å². The summed E-state index contributed by atoms with van der Waals surface area (Å²) in [6, 6.07) is 2.07. The molecular weight excluding hydrogens is 293 g/mol. The molecule has 0 spiro atoms. The molecule has 1 aliphatic rings. The molecule has 1 amide bonds. The van der Waals surface area contributed by atoms with Crippen LogP contribution in [0.5, 0.6) is 0 Å². The number of amides is 1. The number of aryl methyl sites for hydroxylation is 1. The van der Waals surface area contributed by atoms with E-state index < -0.39 is 20.8 Å². The molecule has 1 aliphatic carbocycles. The molecule has 0 bridgehead atoms. The normalized spacial score (nSPS) is 17.1. The van der Waals surface area contributed by atoms with E-state index in [4.69, 9.17) is 10.7 Å². The van der Waals surface area contributed by atoms with E-state index in [0.717, 1.165) is 25.0 Å². The van der Waals surface area contributed by atoms with Gasteiger partial charge >= 0.3 is 0 Å². The smallest absolute Gasteiger partial charge is 0.261 e. The zero-order chi connectivity index (χ0) is 14.4. The standard InChI is InChI=1S/C12H13ClFNO3S/c1-7-5-8(19(13,17)18)6-9(10(7)14)11(16)15-12(2)3-4-12/h5-6H,3-4H2,1-2H3,(H,15,16). The fourth-order valence-electron chi connectivity index (χ4n) is 1.70. The van der Waals surface area contributed by atoms with Crippen LogP contribution >= 0.6 is 10.7 Å². The van der Waals surface area contributed by atoms with Crippen LogP contribution in [0.15, 0.2) is 17.0 Å². The number of hydrogen-bond acceptors (Lipinski definition) is 3. The van der Waals surface area contributed by atoms with Crippen molar-refractivity contribution < 1.29 is 17.6 Å². The van der Waals surface area contributed by atoms with Gasteiger partial charge in [0.2, 0.25) is 0 Å². The molecule has 0 aliphatic heterocycles. The van der Waals surface area contributed by atoms with Crippen LogP contribution in [0.3, 0.4) is 0 Å². The maximum atomic E-state index is 13.9. The molecular formula is C12H13ClFNO3S. The molecule has 0 heterocycles. The first kappa shape index (κ1) is 14.3. The molecule has 7 heteroatoms. The first-order valence-electron chi connectivity index (χ1n) is 5.70. The number of hydrogen-bond donors (Lipinski definition) is 1. The Morgan fingerprint density at radius 3 is 2.47 bits per heavy atom. The summed E-state index contributed by atoms with van der Waals surface area (Å²) in [7, 11) is 1.22. The summed E-state index contributed by atoms with van der Waals surface area (Å²) in [5.74, 6) is -1.35. The molecule has 0 aromatic heterocycles. The Kier molecular flexibility index (Phi) is 3.35. The van der Waals surface area contributed by atoms with Crippen molar-refractivity contribution in [3.05, 3.63) is 29.1 Å². The van der Waals surface area contributed by atoms with Gasteiger partial charge in [-0.05, 0) is 44.4 Å². The summed E-state index contributed by atoms with van der Waals surface area (Å²) in [5.41, 5.74) is -0.548. The number of rotatable bonds is 3. The number of carbonyl (C=O) groups is 1. The van der Waals surface area contributed by atoms with Crippen molar-refractivity contribution in [3.8, 4) is 0 Å². The number of halogens is 2. The van der Waals surface area contributed by atoms with Crippen LogP contribution in [0.25, 0.3) is 0 Å². The van der Waals surface area contributed by atoms with Crippen molar-refractivity contribution in [2.75, 3.05) is 0 Å². The van der Waals surface area contributed by atoms with Gasteiger partial charge in [0.25, 0.3) is 15.0 Å². The summed E-state index contributed by atoms with van der Waals surface area (Å²) in [6.45, 7) is 3.23. The molecule has 104 valence electrons. The van der Waals surface area contributed by atoms with E-state index in [0.29, 0.717) is 0 Å². The summed E-state index contributed by atoms with van der Waals surface area (Å²) in [4.78, 5) is 11.7. The molecule has 0 radical (unpaired) electrons. The van der Waals surface area contributed by atoms with Crippen LogP contribution in [0.2, 0.25) is 0 Å². The van der Waals surface area contributed by atoms with Crippen LogP contribution < -0.4 is 5.32 Å². The topological polar surface area (TPSA) is 63.2 Å². The number of benzene rings is 1. The minimum atomic E-state index is -4.00. The Labute approximate surface area is 115 Å². The molecule has 2 rings (SSSR count). The van der Waals surface area contributed by atoms with Crippen molar-refractivity contribution in [1.29, 1.82) is 0 Å². The van der Waals surface area contributed by atoms with Gasteiger partial charge in [-0.25, -0.2) is 12.8 Å². The van der Waals surface area contributed by atoms with Gasteiger partial charge in [-0.1, -0.05) is 0 Å². The largest absolute Gasteiger partial charge is 0.347 e. The Morgan fingerprint density at radius 2 is 2.00 bits per heavy atom. The third-order valence-corrected chi connectivity index (χ3v) is 4.50. The molecule has 1 aromatic rings. The van der Waals surface area contributed by atoms with Crippen molar-refractivity contribution >= 4 is 25.6 Å². The van der Waals surface area contributed by atoms with Gasteiger partial charge in [0, 0.05) is 16.2 Å². The first-order valence-corrected chi connectivity index (χ1v) is 8.01. The van der Waals surface area contributed by atoms with Crippen LogP contribution in [-0.4, -0.2) is 19.9 Å².